The average Bonchev–Trinajstić information content (AvgIpc) is 3.09. The molecule has 0 amide bonds. The molecule has 0 aromatic carbocycles. The number of hydrogen-bond acceptors (Lipinski definition) is 5. The maximum atomic E-state index is 12.3. The Bertz CT molecular complexity index is 940. The van der Waals surface area contributed by atoms with E-state index in [1.165, 1.54) is 15.9 Å². The van der Waals surface area contributed by atoms with E-state index in [9.17, 15) is 14.8 Å². The Morgan fingerprint density at radius 2 is 2.00 bits per heavy atom. The third kappa shape index (κ3) is 2.40. The van der Waals surface area contributed by atoms with Gasteiger partial charge in [-0.25, -0.2) is 4.79 Å². The first-order valence-electron chi connectivity index (χ1n) is 6.79. The van der Waals surface area contributed by atoms with Gasteiger partial charge in [-0.15, -0.1) is 11.3 Å². The van der Waals surface area contributed by atoms with E-state index in [4.69, 9.17) is 0 Å². The highest BCUT2D eigenvalue weighted by atomic mass is 32.1. The molecule has 0 fully saturated rings. The minimum absolute atomic E-state index is 0.125. The molecule has 0 unspecified atom stereocenters. The van der Waals surface area contributed by atoms with Gasteiger partial charge in [-0.1, -0.05) is 25.5 Å². The lowest BCUT2D eigenvalue weighted by atomic mass is 9.95. The summed E-state index contributed by atoms with van der Waals surface area (Å²) in [5.74, 6) is 0. The molecule has 0 saturated carbocycles. The van der Waals surface area contributed by atoms with Crippen LogP contribution in [0.25, 0.3) is 10.2 Å². The van der Waals surface area contributed by atoms with Crippen LogP contribution in [0.2, 0.25) is 0 Å². The Balaban J connectivity index is 2.32. The predicted molar refractivity (Wildman–Crippen MR) is 89.7 cm³/mol. The summed E-state index contributed by atoms with van der Waals surface area (Å²) in [6.07, 6.45) is 0. The van der Waals surface area contributed by atoms with Gasteiger partial charge < -0.3 is 5.21 Å². The van der Waals surface area contributed by atoms with Crippen molar-refractivity contribution in [1.29, 1.82) is 0 Å². The van der Waals surface area contributed by atoms with Crippen molar-refractivity contribution in [3.05, 3.63) is 54.2 Å². The predicted octanol–water partition coefficient (Wildman–Crippen LogP) is 2.87. The maximum absolute atomic E-state index is 12.3. The Labute approximate surface area is 134 Å². The minimum Gasteiger partial charge on any atom is -0.421 e. The van der Waals surface area contributed by atoms with Gasteiger partial charge in [0.15, 0.2) is 0 Å². The molecule has 0 radical (unpaired) electrons. The van der Waals surface area contributed by atoms with Crippen molar-refractivity contribution in [1.82, 2.24) is 9.30 Å². The molecule has 3 aromatic rings. The molecular weight excluding hydrogens is 320 g/mol. The maximum Gasteiger partial charge on any atom is 0.365 e. The molecule has 1 N–H and O–H groups in total. The summed E-state index contributed by atoms with van der Waals surface area (Å²) in [5.41, 5.74) is 0.0701. The zero-order valence-electron chi connectivity index (χ0n) is 12.5. The summed E-state index contributed by atoms with van der Waals surface area (Å²) in [7, 11) is 0. The summed E-state index contributed by atoms with van der Waals surface area (Å²) in [4.78, 5) is 25.4. The second-order valence-electron chi connectivity index (χ2n) is 6.19. The van der Waals surface area contributed by atoms with Gasteiger partial charge in [0, 0.05) is 4.88 Å². The van der Waals surface area contributed by atoms with E-state index in [0.29, 0.717) is 16.8 Å². The van der Waals surface area contributed by atoms with Crippen LogP contribution in [-0.2, 0) is 12.0 Å². The molecule has 0 aliphatic heterocycles. The van der Waals surface area contributed by atoms with Gasteiger partial charge in [-0.3, -0.25) is 9.36 Å². The molecule has 0 aliphatic carbocycles. The standard InChI is InChI=1S/C15H16N2O3S2/c1-15(2,3)11-6-10-12(22-11)13(18)17(20)14(19)16(10)7-9-4-5-21-8-9/h4-6,8,20H,7H2,1-3H3. The lowest BCUT2D eigenvalue weighted by molar-refractivity contribution is 0.158. The van der Waals surface area contributed by atoms with Gasteiger partial charge in [0.1, 0.15) is 4.70 Å². The zero-order chi connectivity index (χ0) is 16.1. The largest absolute Gasteiger partial charge is 0.421 e. The van der Waals surface area contributed by atoms with Crippen LogP contribution in [0.3, 0.4) is 0 Å². The molecule has 0 bridgehead atoms. The average molecular weight is 336 g/mol. The Kier molecular flexibility index (Phi) is 3.49. The molecule has 7 heteroatoms. The lowest BCUT2D eigenvalue weighted by Crippen LogP contribution is -2.38. The van der Waals surface area contributed by atoms with Gasteiger partial charge >= 0.3 is 11.2 Å². The minimum atomic E-state index is -0.707. The van der Waals surface area contributed by atoms with E-state index in [0.717, 1.165) is 10.4 Å². The number of fused-ring (bicyclic) bond motifs is 1. The topological polar surface area (TPSA) is 64.2 Å². The van der Waals surface area contributed by atoms with Gasteiger partial charge in [0.2, 0.25) is 0 Å². The van der Waals surface area contributed by atoms with Crippen molar-refractivity contribution in [2.45, 2.75) is 32.7 Å². The Morgan fingerprint density at radius 1 is 1.27 bits per heavy atom. The molecular formula is C15H16N2O3S2. The number of nitrogens with zero attached hydrogens (tertiary/aromatic N) is 2. The fourth-order valence-electron chi connectivity index (χ4n) is 2.22. The SMILES string of the molecule is CC(C)(C)c1cc2c(s1)c(=O)n(O)c(=O)n2Cc1ccsc1. The van der Waals surface area contributed by atoms with Crippen molar-refractivity contribution in [2.24, 2.45) is 0 Å². The first-order chi connectivity index (χ1) is 10.3. The quantitative estimate of drug-likeness (QED) is 0.732. The molecule has 0 spiro atoms. The summed E-state index contributed by atoms with van der Waals surface area (Å²) < 4.78 is 2.06. The van der Waals surface area contributed by atoms with Crippen molar-refractivity contribution < 1.29 is 5.21 Å². The van der Waals surface area contributed by atoms with Crippen LogP contribution in [0, 0.1) is 0 Å². The van der Waals surface area contributed by atoms with Crippen molar-refractivity contribution in [2.75, 3.05) is 0 Å². The fraction of sp³-hybridized carbons (Fsp3) is 0.333. The first-order valence-corrected chi connectivity index (χ1v) is 8.55. The molecule has 5 nitrogen and oxygen atoms in total. The van der Waals surface area contributed by atoms with E-state index in [1.54, 1.807) is 11.3 Å². The highest BCUT2D eigenvalue weighted by Gasteiger charge is 2.22. The molecule has 0 atom stereocenters. The van der Waals surface area contributed by atoms with Crippen molar-refractivity contribution in [3.8, 4) is 0 Å². The highest BCUT2D eigenvalue weighted by molar-refractivity contribution is 7.19. The first kappa shape index (κ1) is 15.1. The van der Waals surface area contributed by atoms with Gasteiger partial charge in [0.25, 0.3) is 0 Å². The van der Waals surface area contributed by atoms with E-state index in [1.807, 2.05) is 22.9 Å². The zero-order valence-corrected chi connectivity index (χ0v) is 14.1. The molecule has 3 aromatic heterocycles. The van der Waals surface area contributed by atoms with E-state index >= 15 is 0 Å². The van der Waals surface area contributed by atoms with Crippen LogP contribution in [0.15, 0.2) is 32.5 Å². The smallest absolute Gasteiger partial charge is 0.365 e. The van der Waals surface area contributed by atoms with E-state index in [-0.39, 0.29) is 10.1 Å². The molecule has 22 heavy (non-hydrogen) atoms. The van der Waals surface area contributed by atoms with Gasteiger partial charge in [-0.2, -0.15) is 11.3 Å². The number of rotatable bonds is 2. The number of thiophene rings is 2. The van der Waals surface area contributed by atoms with Crippen molar-refractivity contribution in [3.63, 3.8) is 0 Å². The third-order valence-corrected chi connectivity index (χ3v) is 5.73. The van der Waals surface area contributed by atoms with Crippen LogP contribution in [0.1, 0.15) is 31.2 Å². The monoisotopic (exact) mass is 336 g/mol. The summed E-state index contributed by atoms with van der Waals surface area (Å²) in [5, 5.41) is 13.7. The van der Waals surface area contributed by atoms with Crippen LogP contribution >= 0.6 is 22.7 Å². The summed E-state index contributed by atoms with van der Waals surface area (Å²) in [6, 6.07) is 3.81. The molecule has 3 rings (SSSR count). The second-order valence-corrected chi connectivity index (χ2v) is 8.02. The summed E-state index contributed by atoms with van der Waals surface area (Å²) >= 11 is 2.87. The van der Waals surface area contributed by atoms with Gasteiger partial charge in [0.05, 0.1) is 12.1 Å². The lowest BCUT2D eigenvalue weighted by Gasteiger charge is -2.14. The molecule has 3 heterocycles. The molecule has 0 aliphatic rings. The molecule has 0 saturated heterocycles. The van der Waals surface area contributed by atoms with E-state index < -0.39 is 11.2 Å². The number of aromatic nitrogens is 2. The van der Waals surface area contributed by atoms with Crippen molar-refractivity contribution >= 4 is 32.9 Å². The van der Waals surface area contributed by atoms with Crippen LogP contribution in [0.4, 0.5) is 0 Å². The highest BCUT2D eigenvalue weighted by Crippen LogP contribution is 2.32. The van der Waals surface area contributed by atoms with Crippen LogP contribution < -0.4 is 11.2 Å². The summed E-state index contributed by atoms with van der Waals surface area (Å²) in [6.45, 7) is 6.49. The van der Waals surface area contributed by atoms with Gasteiger partial charge in [-0.05, 0) is 33.9 Å². The Hall–Kier alpha value is -1.86. The Morgan fingerprint density at radius 3 is 2.59 bits per heavy atom. The van der Waals surface area contributed by atoms with E-state index in [2.05, 4.69) is 20.8 Å². The molecule has 116 valence electrons. The third-order valence-electron chi connectivity index (χ3n) is 3.46. The number of hydrogen-bond donors (Lipinski definition) is 1. The fourth-order valence-corrected chi connectivity index (χ4v) is 4.03. The van der Waals surface area contributed by atoms with Crippen LogP contribution in [-0.4, -0.2) is 14.5 Å². The second kappa shape index (κ2) is 5.10. The van der Waals surface area contributed by atoms with Crippen LogP contribution in [0.5, 0.6) is 0 Å². The normalized spacial score (nSPS) is 12.1.